The summed E-state index contributed by atoms with van der Waals surface area (Å²) < 4.78 is 5.23. The van der Waals surface area contributed by atoms with E-state index in [4.69, 9.17) is 4.74 Å². The summed E-state index contributed by atoms with van der Waals surface area (Å²) in [6.45, 7) is 1.54. The first-order valence-electron chi connectivity index (χ1n) is 11.6. The highest BCUT2D eigenvalue weighted by molar-refractivity contribution is 7.16. The number of benzene rings is 2. The number of carbonyl (C=O) groups is 2. The molecule has 0 spiro atoms. The zero-order valence-electron chi connectivity index (χ0n) is 19.7. The van der Waals surface area contributed by atoms with Crippen molar-refractivity contribution in [1.82, 2.24) is 10.2 Å². The number of nitrogens with zero attached hydrogens (tertiary/aromatic N) is 2. The molecule has 2 N–H and O–H groups in total. The Morgan fingerprint density at radius 2 is 1.91 bits per heavy atom. The van der Waals surface area contributed by atoms with Crippen LogP contribution in [0.5, 0.6) is 5.75 Å². The smallest absolute Gasteiger partial charge is 0.317 e. The number of nitrogens with one attached hydrogen (secondary N) is 2. The first-order chi connectivity index (χ1) is 17.1. The number of hydrogen-bond acceptors (Lipinski definition) is 5. The van der Waals surface area contributed by atoms with Crippen molar-refractivity contribution in [1.29, 1.82) is 5.26 Å². The molecule has 2 aromatic carbocycles. The Morgan fingerprint density at radius 3 is 2.69 bits per heavy atom. The van der Waals surface area contributed by atoms with E-state index in [1.54, 1.807) is 12.0 Å². The second kappa shape index (κ2) is 11.5. The molecule has 0 saturated carbocycles. The number of ether oxygens (including phenoxy) is 1. The van der Waals surface area contributed by atoms with Crippen LogP contribution in [-0.4, -0.2) is 37.0 Å². The third kappa shape index (κ3) is 6.19. The molecule has 0 fully saturated rings. The Labute approximate surface area is 209 Å². The van der Waals surface area contributed by atoms with Crippen molar-refractivity contribution in [2.24, 2.45) is 0 Å². The van der Waals surface area contributed by atoms with Crippen LogP contribution in [0.1, 0.15) is 33.6 Å². The molecule has 180 valence electrons. The molecule has 8 heteroatoms. The zero-order chi connectivity index (χ0) is 24.6. The fourth-order valence-electron chi connectivity index (χ4n) is 4.13. The maximum atomic E-state index is 12.7. The van der Waals surface area contributed by atoms with Gasteiger partial charge in [-0.25, -0.2) is 4.79 Å². The summed E-state index contributed by atoms with van der Waals surface area (Å²) >= 11 is 1.39. The van der Waals surface area contributed by atoms with Crippen LogP contribution in [0.3, 0.4) is 0 Å². The number of urea groups is 1. The highest BCUT2D eigenvalue weighted by atomic mass is 32.1. The van der Waals surface area contributed by atoms with Gasteiger partial charge < -0.3 is 20.3 Å². The third-order valence-electron chi connectivity index (χ3n) is 6.02. The summed E-state index contributed by atoms with van der Waals surface area (Å²) in [5.74, 6) is 0.618. The Bertz CT molecular complexity index is 1230. The number of methoxy groups -OCH3 is 1. The molecular weight excluding hydrogens is 460 g/mol. The van der Waals surface area contributed by atoms with E-state index in [0.717, 1.165) is 28.2 Å². The van der Waals surface area contributed by atoms with Gasteiger partial charge in [-0.3, -0.25) is 4.79 Å². The van der Waals surface area contributed by atoms with Crippen molar-refractivity contribution < 1.29 is 14.3 Å². The molecule has 3 aromatic rings. The number of rotatable bonds is 8. The van der Waals surface area contributed by atoms with Gasteiger partial charge in [-0.05, 0) is 48.1 Å². The average Bonchev–Trinajstić information content (AvgIpc) is 3.24. The van der Waals surface area contributed by atoms with E-state index in [9.17, 15) is 14.9 Å². The number of nitriles is 1. The van der Waals surface area contributed by atoms with E-state index in [2.05, 4.69) is 16.7 Å². The second-order valence-corrected chi connectivity index (χ2v) is 9.46. The molecule has 7 nitrogen and oxygen atoms in total. The number of carbonyl (C=O) groups excluding carboxylic acids is 2. The summed E-state index contributed by atoms with van der Waals surface area (Å²) in [5, 5.41) is 16.2. The van der Waals surface area contributed by atoms with Gasteiger partial charge in [0.15, 0.2) is 0 Å². The monoisotopic (exact) mass is 488 g/mol. The van der Waals surface area contributed by atoms with E-state index in [1.807, 2.05) is 54.6 Å². The van der Waals surface area contributed by atoms with Gasteiger partial charge in [0.05, 0.1) is 19.2 Å². The summed E-state index contributed by atoms with van der Waals surface area (Å²) in [6.07, 6.45) is 2.25. The Morgan fingerprint density at radius 1 is 1.11 bits per heavy atom. The molecule has 1 aliphatic rings. The topological polar surface area (TPSA) is 94.5 Å². The predicted molar refractivity (Wildman–Crippen MR) is 137 cm³/mol. The van der Waals surface area contributed by atoms with Crippen molar-refractivity contribution in [2.45, 2.75) is 32.2 Å². The molecule has 0 atom stereocenters. The molecule has 1 aromatic heterocycles. The normalized spacial score (nSPS) is 12.4. The molecule has 0 saturated heterocycles. The highest BCUT2D eigenvalue weighted by Gasteiger charge is 2.27. The summed E-state index contributed by atoms with van der Waals surface area (Å²) in [7, 11) is 1.61. The summed E-state index contributed by atoms with van der Waals surface area (Å²) in [4.78, 5) is 28.0. The Hall–Kier alpha value is -3.83. The molecule has 4 rings (SSSR count). The predicted octanol–water partition coefficient (Wildman–Crippen LogP) is 4.51. The molecule has 1 aliphatic heterocycles. The first kappa shape index (κ1) is 24.3. The minimum absolute atomic E-state index is 0.109. The average molecular weight is 489 g/mol. The van der Waals surface area contributed by atoms with Crippen molar-refractivity contribution >= 4 is 28.3 Å². The summed E-state index contributed by atoms with van der Waals surface area (Å²) in [6, 6.07) is 19.8. The van der Waals surface area contributed by atoms with E-state index >= 15 is 0 Å². The van der Waals surface area contributed by atoms with Crippen molar-refractivity contribution in [3.8, 4) is 11.8 Å². The van der Waals surface area contributed by atoms with Gasteiger partial charge in [-0.15, -0.1) is 11.3 Å². The van der Waals surface area contributed by atoms with Crippen molar-refractivity contribution in [2.75, 3.05) is 25.5 Å². The molecule has 0 bridgehead atoms. The van der Waals surface area contributed by atoms with E-state index in [1.165, 1.54) is 16.9 Å². The van der Waals surface area contributed by atoms with Crippen LogP contribution >= 0.6 is 11.3 Å². The third-order valence-corrected chi connectivity index (χ3v) is 7.15. The molecule has 0 radical (unpaired) electrons. The minimum atomic E-state index is -0.140. The SMILES string of the molecule is COc1cccc(CCC(=O)Nc2sc3c(c2C#N)CCN(C(=O)NCCc2ccccc2)C3)c1. The van der Waals surface area contributed by atoms with Crippen LogP contribution in [0.25, 0.3) is 0 Å². The number of thiophene rings is 1. The Kier molecular flexibility index (Phi) is 8.01. The lowest BCUT2D eigenvalue weighted by Crippen LogP contribution is -2.43. The maximum absolute atomic E-state index is 12.7. The highest BCUT2D eigenvalue weighted by Crippen LogP contribution is 2.36. The van der Waals surface area contributed by atoms with E-state index in [0.29, 0.717) is 49.5 Å². The molecular formula is C27H28N4O3S. The van der Waals surface area contributed by atoms with Crippen LogP contribution in [0.2, 0.25) is 0 Å². The fourth-order valence-corrected chi connectivity index (χ4v) is 5.36. The minimum Gasteiger partial charge on any atom is -0.497 e. The maximum Gasteiger partial charge on any atom is 0.317 e. The van der Waals surface area contributed by atoms with Gasteiger partial charge in [0.2, 0.25) is 5.91 Å². The number of amides is 3. The van der Waals surface area contributed by atoms with Crippen LogP contribution in [0.4, 0.5) is 9.80 Å². The van der Waals surface area contributed by atoms with Gasteiger partial charge >= 0.3 is 6.03 Å². The number of aryl methyl sites for hydroxylation is 1. The van der Waals surface area contributed by atoms with Crippen molar-refractivity contribution in [3.05, 3.63) is 81.7 Å². The lowest BCUT2D eigenvalue weighted by molar-refractivity contribution is -0.116. The van der Waals surface area contributed by atoms with E-state index in [-0.39, 0.29) is 11.9 Å². The number of hydrogen-bond donors (Lipinski definition) is 2. The second-order valence-electron chi connectivity index (χ2n) is 8.36. The Balaban J connectivity index is 1.33. The van der Waals surface area contributed by atoms with Gasteiger partial charge in [-0.1, -0.05) is 42.5 Å². The lowest BCUT2D eigenvalue weighted by Gasteiger charge is -2.27. The lowest BCUT2D eigenvalue weighted by atomic mass is 10.0. The van der Waals surface area contributed by atoms with Gasteiger partial charge in [0.25, 0.3) is 0 Å². The molecule has 35 heavy (non-hydrogen) atoms. The number of anilines is 1. The first-order valence-corrected chi connectivity index (χ1v) is 12.4. The number of fused-ring (bicyclic) bond motifs is 1. The molecule has 3 amide bonds. The largest absolute Gasteiger partial charge is 0.497 e. The quantitative estimate of drug-likeness (QED) is 0.488. The molecule has 2 heterocycles. The van der Waals surface area contributed by atoms with Gasteiger partial charge in [-0.2, -0.15) is 5.26 Å². The van der Waals surface area contributed by atoms with Crippen LogP contribution in [0, 0.1) is 11.3 Å². The zero-order valence-corrected chi connectivity index (χ0v) is 20.5. The van der Waals surface area contributed by atoms with Gasteiger partial charge in [0.1, 0.15) is 16.8 Å². The molecule has 0 unspecified atom stereocenters. The van der Waals surface area contributed by atoms with Crippen LogP contribution in [-0.2, 0) is 30.6 Å². The van der Waals surface area contributed by atoms with Crippen molar-refractivity contribution in [3.63, 3.8) is 0 Å². The van der Waals surface area contributed by atoms with Crippen LogP contribution < -0.4 is 15.4 Å². The van der Waals surface area contributed by atoms with Gasteiger partial charge in [0, 0.05) is 24.4 Å². The standard InChI is InChI=1S/C27H28N4O3S/c1-34-21-9-5-8-20(16-21)10-11-25(32)30-26-23(17-28)22-13-15-31(18-24(22)35-26)27(33)29-14-12-19-6-3-2-4-7-19/h2-9,16H,10-15,18H2,1H3,(H,29,33)(H,30,32). The van der Waals surface area contributed by atoms with Crippen LogP contribution in [0.15, 0.2) is 54.6 Å². The molecule has 0 aliphatic carbocycles. The fraction of sp³-hybridized carbons (Fsp3) is 0.296. The summed E-state index contributed by atoms with van der Waals surface area (Å²) in [5.41, 5.74) is 3.65. The van der Waals surface area contributed by atoms with E-state index < -0.39 is 0 Å².